The van der Waals surface area contributed by atoms with Gasteiger partial charge >= 0.3 is 6.09 Å². The molecule has 1 aromatic rings. The lowest BCUT2D eigenvalue weighted by atomic mass is 10.1. The van der Waals surface area contributed by atoms with E-state index < -0.39 is 10.5 Å². The second-order valence-electron chi connectivity index (χ2n) is 7.16. The molecule has 0 aromatic heterocycles. The normalized spacial score (nSPS) is 18.9. The van der Waals surface area contributed by atoms with Crippen LogP contribution in [0.3, 0.4) is 0 Å². The highest BCUT2D eigenvalue weighted by Gasteiger charge is 2.31. The molecule has 0 radical (unpaired) electrons. The fourth-order valence-electron chi connectivity index (χ4n) is 2.77. The summed E-state index contributed by atoms with van der Waals surface area (Å²) in [7, 11) is 0. The molecule has 2 rings (SSSR count). The van der Waals surface area contributed by atoms with Crippen LogP contribution < -0.4 is 0 Å². The molecule has 1 amide bonds. The predicted molar refractivity (Wildman–Crippen MR) is 92.2 cm³/mol. The van der Waals surface area contributed by atoms with Crippen molar-refractivity contribution in [1.82, 2.24) is 9.80 Å². The minimum absolute atomic E-state index is 0.0467. The van der Waals surface area contributed by atoms with E-state index >= 15 is 0 Å². The van der Waals surface area contributed by atoms with Gasteiger partial charge in [0.05, 0.1) is 17.6 Å². The number of carbonyl (C=O) groups is 1. The summed E-state index contributed by atoms with van der Waals surface area (Å²) in [5.41, 5.74) is 0.287. The van der Waals surface area contributed by atoms with Crippen molar-refractivity contribution >= 4 is 11.8 Å². The SMILES string of the molecule is CC(C)(C)OC(=O)N1CCN(Cc2cccc([N+](=O)[O-])c2)C(CO)C1. The van der Waals surface area contributed by atoms with Crippen LogP contribution >= 0.6 is 0 Å². The maximum Gasteiger partial charge on any atom is 0.410 e. The van der Waals surface area contributed by atoms with Crippen molar-refractivity contribution in [2.75, 3.05) is 26.2 Å². The zero-order valence-corrected chi connectivity index (χ0v) is 14.8. The highest BCUT2D eigenvalue weighted by atomic mass is 16.6. The van der Waals surface area contributed by atoms with E-state index in [1.807, 2.05) is 31.7 Å². The number of piperazine rings is 1. The number of hydrogen-bond donors (Lipinski definition) is 1. The molecule has 1 unspecified atom stereocenters. The van der Waals surface area contributed by atoms with Crippen LogP contribution in [0.25, 0.3) is 0 Å². The third-order valence-electron chi connectivity index (χ3n) is 3.97. The Kier molecular flexibility index (Phi) is 5.97. The maximum atomic E-state index is 12.2. The molecule has 1 aromatic carbocycles. The molecule has 0 bridgehead atoms. The summed E-state index contributed by atoms with van der Waals surface area (Å²) in [6.45, 7) is 7.23. The van der Waals surface area contributed by atoms with Crippen LogP contribution in [0.15, 0.2) is 24.3 Å². The summed E-state index contributed by atoms with van der Waals surface area (Å²) < 4.78 is 5.38. The summed E-state index contributed by atoms with van der Waals surface area (Å²) in [5.74, 6) is 0. The Hall–Kier alpha value is -2.19. The molecule has 1 N–H and O–H groups in total. The molecule has 8 nitrogen and oxygen atoms in total. The lowest BCUT2D eigenvalue weighted by Gasteiger charge is -2.40. The maximum absolute atomic E-state index is 12.2. The van der Waals surface area contributed by atoms with Crippen molar-refractivity contribution in [2.24, 2.45) is 0 Å². The van der Waals surface area contributed by atoms with Crippen LogP contribution in [-0.4, -0.2) is 63.8 Å². The fourth-order valence-corrected chi connectivity index (χ4v) is 2.77. The minimum atomic E-state index is -0.564. The number of non-ortho nitro benzene ring substituents is 1. The average Bonchev–Trinajstić information content (AvgIpc) is 2.53. The van der Waals surface area contributed by atoms with Gasteiger partial charge in [0.2, 0.25) is 0 Å². The van der Waals surface area contributed by atoms with Crippen LogP contribution in [0.1, 0.15) is 26.3 Å². The van der Waals surface area contributed by atoms with Gasteiger partial charge in [0.1, 0.15) is 5.60 Å². The number of nitrogens with zero attached hydrogens (tertiary/aromatic N) is 3. The summed E-state index contributed by atoms with van der Waals surface area (Å²) in [6.07, 6.45) is -0.388. The largest absolute Gasteiger partial charge is 0.444 e. The second-order valence-corrected chi connectivity index (χ2v) is 7.16. The number of hydrogen-bond acceptors (Lipinski definition) is 6. The number of nitro benzene ring substituents is 1. The molecule has 0 aliphatic carbocycles. The molecule has 8 heteroatoms. The smallest absolute Gasteiger partial charge is 0.410 e. The van der Waals surface area contributed by atoms with E-state index in [0.717, 1.165) is 5.56 Å². The zero-order valence-electron chi connectivity index (χ0n) is 14.8. The number of aliphatic hydroxyl groups is 1. The van der Waals surface area contributed by atoms with Gasteiger partial charge in [-0.1, -0.05) is 12.1 Å². The van der Waals surface area contributed by atoms with E-state index in [1.54, 1.807) is 11.0 Å². The van der Waals surface area contributed by atoms with Gasteiger partial charge in [0, 0.05) is 38.3 Å². The number of amides is 1. The number of ether oxygens (including phenoxy) is 1. The van der Waals surface area contributed by atoms with Crippen molar-refractivity contribution in [3.8, 4) is 0 Å². The Bertz CT molecular complexity index is 629. The van der Waals surface area contributed by atoms with Gasteiger partial charge in [-0.25, -0.2) is 4.79 Å². The molecule has 1 aliphatic heterocycles. The van der Waals surface area contributed by atoms with Crippen LogP contribution in [-0.2, 0) is 11.3 Å². The first-order chi connectivity index (χ1) is 11.7. The van der Waals surface area contributed by atoms with Gasteiger partial charge in [0.15, 0.2) is 0 Å². The second kappa shape index (κ2) is 7.79. The van der Waals surface area contributed by atoms with Crippen molar-refractivity contribution in [1.29, 1.82) is 0 Å². The molecule has 138 valence electrons. The van der Waals surface area contributed by atoms with Crippen LogP contribution in [0, 0.1) is 10.1 Å². The van der Waals surface area contributed by atoms with Crippen LogP contribution in [0.2, 0.25) is 0 Å². The Morgan fingerprint density at radius 3 is 2.72 bits per heavy atom. The molecule has 1 aliphatic rings. The molecule has 1 heterocycles. The first-order valence-corrected chi connectivity index (χ1v) is 8.26. The number of nitro groups is 1. The number of benzene rings is 1. The van der Waals surface area contributed by atoms with E-state index in [4.69, 9.17) is 4.74 Å². The monoisotopic (exact) mass is 351 g/mol. The van der Waals surface area contributed by atoms with Gasteiger partial charge in [-0.15, -0.1) is 0 Å². The lowest BCUT2D eigenvalue weighted by Crippen LogP contribution is -2.56. The predicted octanol–water partition coefficient (Wildman–Crippen LogP) is 2.01. The molecule has 0 saturated carbocycles. The highest BCUT2D eigenvalue weighted by Crippen LogP contribution is 2.19. The van der Waals surface area contributed by atoms with E-state index in [1.165, 1.54) is 12.1 Å². The van der Waals surface area contributed by atoms with Crippen LogP contribution in [0.4, 0.5) is 10.5 Å². The fraction of sp³-hybridized carbons (Fsp3) is 0.588. The number of rotatable bonds is 4. The van der Waals surface area contributed by atoms with Crippen molar-refractivity contribution < 1.29 is 19.6 Å². The van der Waals surface area contributed by atoms with Gasteiger partial charge in [-0.3, -0.25) is 15.0 Å². The minimum Gasteiger partial charge on any atom is -0.444 e. The Balaban J connectivity index is 2.01. The number of carbonyl (C=O) groups excluding carboxylic acids is 1. The number of aliphatic hydroxyl groups excluding tert-OH is 1. The highest BCUT2D eigenvalue weighted by molar-refractivity contribution is 5.68. The first kappa shape index (κ1) is 19.1. The average molecular weight is 351 g/mol. The summed E-state index contributed by atoms with van der Waals surface area (Å²) >= 11 is 0. The van der Waals surface area contributed by atoms with Gasteiger partial charge in [0.25, 0.3) is 5.69 Å². The Labute approximate surface area is 147 Å². The Morgan fingerprint density at radius 1 is 1.40 bits per heavy atom. The van der Waals surface area contributed by atoms with Crippen molar-refractivity contribution in [2.45, 2.75) is 39.0 Å². The standard InChI is InChI=1S/C17H25N3O5/c1-17(2,3)25-16(22)19-8-7-18(15(11-19)12-21)10-13-5-4-6-14(9-13)20(23)24/h4-6,9,15,21H,7-8,10-12H2,1-3H3. The van der Waals surface area contributed by atoms with E-state index in [0.29, 0.717) is 26.2 Å². The first-order valence-electron chi connectivity index (χ1n) is 8.26. The Morgan fingerprint density at radius 2 is 2.12 bits per heavy atom. The van der Waals surface area contributed by atoms with Crippen molar-refractivity contribution in [3.63, 3.8) is 0 Å². The van der Waals surface area contributed by atoms with Gasteiger partial charge in [-0.05, 0) is 26.3 Å². The van der Waals surface area contributed by atoms with Gasteiger partial charge < -0.3 is 14.7 Å². The topological polar surface area (TPSA) is 96.2 Å². The molecule has 1 saturated heterocycles. The molecule has 1 fully saturated rings. The molecular formula is C17H25N3O5. The van der Waals surface area contributed by atoms with E-state index in [-0.39, 0.29) is 24.4 Å². The zero-order chi connectivity index (χ0) is 18.6. The van der Waals surface area contributed by atoms with E-state index in [9.17, 15) is 20.0 Å². The lowest BCUT2D eigenvalue weighted by molar-refractivity contribution is -0.384. The van der Waals surface area contributed by atoms with Crippen LogP contribution in [0.5, 0.6) is 0 Å². The molecule has 25 heavy (non-hydrogen) atoms. The molecular weight excluding hydrogens is 326 g/mol. The molecule has 0 spiro atoms. The third kappa shape index (κ3) is 5.40. The summed E-state index contributed by atoms with van der Waals surface area (Å²) in [5, 5.41) is 20.6. The quantitative estimate of drug-likeness (QED) is 0.658. The third-order valence-corrected chi connectivity index (χ3v) is 3.97. The molecule has 1 atom stereocenters. The van der Waals surface area contributed by atoms with E-state index in [2.05, 4.69) is 0 Å². The van der Waals surface area contributed by atoms with Gasteiger partial charge in [-0.2, -0.15) is 0 Å². The van der Waals surface area contributed by atoms with Crippen molar-refractivity contribution in [3.05, 3.63) is 39.9 Å². The summed E-state index contributed by atoms with van der Waals surface area (Å²) in [4.78, 5) is 26.3. The summed E-state index contributed by atoms with van der Waals surface area (Å²) in [6, 6.07) is 6.22.